The third-order valence-corrected chi connectivity index (χ3v) is 1.42. The molecule has 0 bridgehead atoms. The minimum absolute atomic E-state index is 0.241. The van der Waals surface area contributed by atoms with Crippen LogP contribution in [0.4, 0.5) is 11.4 Å². The van der Waals surface area contributed by atoms with Crippen LogP contribution in [0.5, 0.6) is 0 Å². The van der Waals surface area contributed by atoms with Gasteiger partial charge in [-0.15, -0.1) is 0 Å². The lowest BCUT2D eigenvalue weighted by molar-refractivity contribution is 1.01. The normalized spacial score (nSPS) is 11.7. The van der Waals surface area contributed by atoms with Crippen molar-refractivity contribution in [3.63, 3.8) is 0 Å². The van der Waals surface area contributed by atoms with E-state index in [1.54, 1.807) is 25.4 Å². The van der Waals surface area contributed by atoms with Gasteiger partial charge in [-0.2, -0.15) is 5.26 Å². The van der Waals surface area contributed by atoms with Gasteiger partial charge in [-0.25, -0.2) is 0 Å². The lowest BCUT2D eigenvalue weighted by Crippen LogP contribution is -2.13. The number of aromatic nitrogens is 1. The van der Waals surface area contributed by atoms with Crippen molar-refractivity contribution < 1.29 is 0 Å². The van der Waals surface area contributed by atoms with E-state index in [1.807, 2.05) is 0 Å². The summed E-state index contributed by atoms with van der Waals surface area (Å²) >= 11 is 0. The fourth-order valence-corrected chi connectivity index (χ4v) is 0.804. The average Bonchev–Trinajstić information content (AvgIpc) is 2.09. The van der Waals surface area contributed by atoms with Crippen LogP contribution in [0.2, 0.25) is 0 Å². The predicted octanol–water partition coefficient (Wildman–Crippen LogP) is 0.988. The van der Waals surface area contributed by atoms with Crippen LogP contribution in [-0.2, 0) is 0 Å². The quantitative estimate of drug-likeness (QED) is 0.680. The first kappa shape index (κ1) is 8.34. The summed E-state index contributed by atoms with van der Waals surface area (Å²) in [6.07, 6.45) is 3.18. The van der Waals surface area contributed by atoms with E-state index in [0.717, 1.165) is 5.69 Å². The van der Waals surface area contributed by atoms with Crippen molar-refractivity contribution in [1.29, 1.82) is 5.26 Å². The van der Waals surface area contributed by atoms with E-state index in [9.17, 15) is 0 Å². The Balaban J connectivity index is 2.77. The number of nitrogens with zero attached hydrogens (tertiary/aromatic N) is 2. The molecule has 0 saturated heterocycles. The molecule has 4 nitrogen and oxygen atoms in total. The molecule has 0 aliphatic heterocycles. The van der Waals surface area contributed by atoms with E-state index in [0.29, 0.717) is 5.69 Å². The van der Waals surface area contributed by atoms with Crippen molar-refractivity contribution >= 4 is 11.4 Å². The van der Waals surface area contributed by atoms with Crippen molar-refractivity contribution in [2.45, 2.75) is 13.0 Å². The van der Waals surface area contributed by atoms with Crippen molar-refractivity contribution in [1.82, 2.24) is 4.98 Å². The summed E-state index contributed by atoms with van der Waals surface area (Å²) in [5.74, 6) is 0. The SMILES string of the molecule is CC(C#N)Nc1ccncc1N. The van der Waals surface area contributed by atoms with Crippen molar-refractivity contribution in [2.75, 3.05) is 11.1 Å². The van der Waals surface area contributed by atoms with Crippen LogP contribution in [0.15, 0.2) is 18.5 Å². The molecule has 0 fully saturated rings. The number of nitrogens with two attached hydrogens (primary N) is 1. The minimum atomic E-state index is -0.241. The van der Waals surface area contributed by atoms with Gasteiger partial charge in [-0.3, -0.25) is 4.98 Å². The Labute approximate surface area is 71.0 Å². The molecular formula is C8H10N4. The number of hydrogen-bond donors (Lipinski definition) is 2. The summed E-state index contributed by atoms with van der Waals surface area (Å²) in [6, 6.07) is 3.55. The first-order valence-corrected chi connectivity index (χ1v) is 3.59. The maximum absolute atomic E-state index is 8.52. The molecule has 0 spiro atoms. The number of pyridine rings is 1. The molecule has 1 aromatic rings. The number of nitriles is 1. The molecule has 1 rings (SSSR count). The van der Waals surface area contributed by atoms with Crippen molar-refractivity contribution in [3.8, 4) is 6.07 Å². The molecule has 1 atom stereocenters. The van der Waals surface area contributed by atoms with Gasteiger partial charge in [0.1, 0.15) is 6.04 Å². The van der Waals surface area contributed by atoms with Crippen LogP contribution in [0, 0.1) is 11.3 Å². The minimum Gasteiger partial charge on any atom is -0.396 e. The maximum atomic E-state index is 8.52. The van der Waals surface area contributed by atoms with Gasteiger partial charge in [-0.05, 0) is 13.0 Å². The molecule has 3 N–H and O–H groups in total. The Morgan fingerprint density at radius 3 is 3.08 bits per heavy atom. The van der Waals surface area contributed by atoms with Crippen LogP contribution in [-0.4, -0.2) is 11.0 Å². The number of anilines is 2. The lowest BCUT2D eigenvalue weighted by atomic mass is 10.3. The fraction of sp³-hybridized carbons (Fsp3) is 0.250. The van der Waals surface area contributed by atoms with Crippen LogP contribution in [0.3, 0.4) is 0 Å². The standard InChI is InChI=1S/C8H10N4/c1-6(4-9)12-8-2-3-11-5-7(8)10/h2-3,5-6H,10H2,1H3,(H,11,12). The third kappa shape index (κ3) is 1.86. The Morgan fingerprint density at radius 2 is 2.50 bits per heavy atom. The Kier molecular flexibility index (Phi) is 2.49. The first-order chi connectivity index (χ1) is 5.74. The monoisotopic (exact) mass is 162 g/mol. The highest BCUT2D eigenvalue weighted by atomic mass is 14.9. The van der Waals surface area contributed by atoms with Gasteiger partial charge in [0.25, 0.3) is 0 Å². The van der Waals surface area contributed by atoms with Crippen molar-refractivity contribution in [3.05, 3.63) is 18.5 Å². The molecule has 1 heterocycles. The Hall–Kier alpha value is -1.76. The Morgan fingerprint density at radius 1 is 1.75 bits per heavy atom. The molecule has 0 aliphatic rings. The van der Waals surface area contributed by atoms with E-state index < -0.39 is 0 Å². The second kappa shape index (κ2) is 3.58. The van der Waals surface area contributed by atoms with E-state index in [1.165, 1.54) is 0 Å². The highest BCUT2D eigenvalue weighted by Gasteiger charge is 2.01. The Bertz CT molecular complexity index is 302. The lowest BCUT2D eigenvalue weighted by Gasteiger charge is -2.09. The molecule has 1 unspecified atom stereocenters. The number of hydrogen-bond acceptors (Lipinski definition) is 4. The smallest absolute Gasteiger partial charge is 0.111 e. The van der Waals surface area contributed by atoms with Gasteiger partial charge in [0.2, 0.25) is 0 Å². The third-order valence-electron chi connectivity index (χ3n) is 1.42. The van der Waals surface area contributed by atoms with Crippen LogP contribution < -0.4 is 11.1 Å². The number of rotatable bonds is 2. The molecule has 0 saturated carbocycles. The number of nitrogens with one attached hydrogen (secondary N) is 1. The molecule has 0 radical (unpaired) electrons. The van der Waals surface area contributed by atoms with E-state index in [2.05, 4.69) is 16.4 Å². The molecule has 12 heavy (non-hydrogen) atoms. The fourth-order valence-electron chi connectivity index (χ4n) is 0.804. The van der Waals surface area contributed by atoms with Crippen LogP contribution >= 0.6 is 0 Å². The topological polar surface area (TPSA) is 74.7 Å². The van der Waals surface area contributed by atoms with Crippen LogP contribution in [0.25, 0.3) is 0 Å². The highest BCUT2D eigenvalue weighted by Crippen LogP contribution is 2.15. The summed E-state index contributed by atoms with van der Waals surface area (Å²) in [5, 5.41) is 11.5. The van der Waals surface area contributed by atoms with Gasteiger partial charge in [-0.1, -0.05) is 0 Å². The largest absolute Gasteiger partial charge is 0.396 e. The highest BCUT2D eigenvalue weighted by molar-refractivity contribution is 5.64. The molecule has 1 aromatic heterocycles. The zero-order valence-electron chi connectivity index (χ0n) is 6.78. The zero-order chi connectivity index (χ0) is 8.97. The van der Waals surface area contributed by atoms with E-state index >= 15 is 0 Å². The van der Waals surface area contributed by atoms with Gasteiger partial charge >= 0.3 is 0 Å². The summed E-state index contributed by atoms with van der Waals surface area (Å²) < 4.78 is 0. The van der Waals surface area contributed by atoms with Crippen molar-refractivity contribution in [2.24, 2.45) is 0 Å². The van der Waals surface area contributed by atoms with Gasteiger partial charge in [0.05, 0.1) is 23.6 Å². The summed E-state index contributed by atoms with van der Waals surface area (Å²) in [5.41, 5.74) is 6.89. The average molecular weight is 162 g/mol. The zero-order valence-corrected chi connectivity index (χ0v) is 6.78. The summed E-state index contributed by atoms with van der Waals surface area (Å²) in [4.78, 5) is 3.83. The molecule has 0 amide bonds. The van der Waals surface area contributed by atoms with E-state index in [-0.39, 0.29) is 6.04 Å². The summed E-state index contributed by atoms with van der Waals surface area (Å²) in [6.45, 7) is 1.76. The van der Waals surface area contributed by atoms with Gasteiger partial charge in [0, 0.05) is 6.20 Å². The molecular weight excluding hydrogens is 152 g/mol. The van der Waals surface area contributed by atoms with E-state index in [4.69, 9.17) is 11.0 Å². The first-order valence-electron chi connectivity index (χ1n) is 3.59. The molecule has 62 valence electrons. The number of nitrogen functional groups attached to an aromatic ring is 1. The molecule has 4 heteroatoms. The maximum Gasteiger partial charge on any atom is 0.111 e. The summed E-state index contributed by atoms with van der Waals surface area (Å²) in [7, 11) is 0. The van der Waals surface area contributed by atoms with Gasteiger partial charge < -0.3 is 11.1 Å². The molecule has 0 aromatic carbocycles. The second-order valence-electron chi connectivity index (χ2n) is 2.46. The molecule has 0 aliphatic carbocycles. The second-order valence-corrected chi connectivity index (χ2v) is 2.46. The predicted molar refractivity (Wildman–Crippen MR) is 47.3 cm³/mol. The van der Waals surface area contributed by atoms with Crippen LogP contribution in [0.1, 0.15) is 6.92 Å². The van der Waals surface area contributed by atoms with Gasteiger partial charge in [0.15, 0.2) is 0 Å².